The van der Waals surface area contributed by atoms with Crippen LogP contribution in [0.25, 0.3) is 0 Å². The van der Waals surface area contributed by atoms with Crippen molar-refractivity contribution in [3.63, 3.8) is 0 Å². The summed E-state index contributed by atoms with van der Waals surface area (Å²) < 4.78 is 16.1. The maximum absolute atomic E-state index is 9.42. The molecule has 0 spiro atoms. The molecule has 0 aliphatic heterocycles. The highest BCUT2D eigenvalue weighted by Crippen LogP contribution is 2.18. The Morgan fingerprint density at radius 1 is 0.800 bits per heavy atom. The lowest BCUT2D eigenvalue weighted by molar-refractivity contribution is -0.0880. The minimum atomic E-state index is -0.415. The van der Waals surface area contributed by atoms with E-state index in [4.69, 9.17) is 14.2 Å². The van der Waals surface area contributed by atoms with Crippen molar-refractivity contribution in [2.45, 2.75) is 20.8 Å². The zero-order valence-corrected chi connectivity index (χ0v) is 10.1. The Morgan fingerprint density at radius 2 is 1.13 bits per heavy atom. The maximum Gasteiger partial charge on any atom is 0.0635 e. The van der Waals surface area contributed by atoms with Crippen LogP contribution < -0.4 is 0 Å². The minimum absolute atomic E-state index is 0.0208. The van der Waals surface area contributed by atoms with E-state index in [-0.39, 0.29) is 6.61 Å². The molecule has 0 amide bonds. The summed E-state index contributed by atoms with van der Waals surface area (Å²) in [5.41, 5.74) is -0.415. The largest absolute Gasteiger partial charge is 0.396 e. The van der Waals surface area contributed by atoms with Crippen molar-refractivity contribution < 1.29 is 19.3 Å². The summed E-state index contributed by atoms with van der Waals surface area (Å²) in [7, 11) is 0. The Labute approximate surface area is 92.5 Å². The molecule has 0 aliphatic rings. The number of hydrogen-bond acceptors (Lipinski definition) is 4. The summed E-state index contributed by atoms with van der Waals surface area (Å²) >= 11 is 0. The van der Waals surface area contributed by atoms with Gasteiger partial charge in [-0.15, -0.1) is 0 Å². The van der Waals surface area contributed by atoms with Crippen molar-refractivity contribution in [2.75, 3.05) is 46.2 Å². The van der Waals surface area contributed by atoms with E-state index in [1.54, 1.807) is 0 Å². The Hall–Kier alpha value is -0.160. The second-order valence-corrected chi connectivity index (χ2v) is 3.57. The first-order valence-electron chi connectivity index (χ1n) is 5.58. The lowest BCUT2D eigenvalue weighted by Crippen LogP contribution is -2.40. The molecule has 0 aromatic heterocycles. The topological polar surface area (TPSA) is 47.9 Å². The summed E-state index contributed by atoms with van der Waals surface area (Å²) in [5, 5.41) is 9.42. The molecule has 0 aromatic rings. The second kappa shape index (κ2) is 9.09. The molecule has 0 fully saturated rings. The average molecular weight is 220 g/mol. The van der Waals surface area contributed by atoms with Gasteiger partial charge in [-0.25, -0.2) is 0 Å². The van der Waals surface area contributed by atoms with Crippen LogP contribution in [-0.2, 0) is 14.2 Å². The van der Waals surface area contributed by atoms with Gasteiger partial charge in [-0.05, 0) is 20.8 Å². The van der Waals surface area contributed by atoms with Crippen LogP contribution in [-0.4, -0.2) is 51.4 Å². The SMILES string of the molecule is CCOCC(CO)(COCC)COCC. The average Bonchev–Trinajstić information content (AvgIpc) is 2.29. The minimum Gasteiger partial charge on any atom is -0.396 e. The monoisotopic (exact) mass is 220 g/mol. The molecule has 0 heterocycles. The third-order valence-electron chi connectivity index (χ3n) is 2.17. The summed E-state index contributed by atoms with van der Waals surface area (Å²) in [6.45, 7) is 9.16. The molecule has 4 heteroatoms. The van der Waals surface area contributed by atoms with E-state index < -0.39 is 5.41 Å². The van der Waals surface area contributed by atoms with Gasteiger partial charge in [-0.2, -0.15) is 0 Å². The number of aliphatic hydroxyl groups excluding tert-OH is 1. The van der Waals surface area contributed by atoms with Gasteiger partial charge in [0.2, 0.25) is 0 Å². The molecule has 92 valence electrons. The first kappa shape index (κ1) is 14.8. The Morgan fingerprint density at radius 3 is 1.33 bits per heavy atom. The fourth-order valence-electron chi connectivity index (χ4n) is 1.22. The van der Waals surface area contributed by atoms with Gasteiger partial charge >= 0.3 is 0 Å². The van der Waals surface area contributed by atoms with E-state index in [1.165, 1.54) is 0 Å². The van der Waals surface area contributed by atoms with Gasteiger partial charge in [-0.3, -0.25) is 0 Å². The first-order chi connectivity index (χ1) is 7.24. The Bertz CT molecular complexity index is 117. The molecule has 0 atom stereocenters. The molecule has 0 rings (SSSR count). The van der Waals surface area contributed by atoms with Gasteiger partial charge < -0.3 is 19.3 Å². The molecule has 0 aliphatic carbocycles. The van der Waals surface area contributed by atoms with Crippen LogP contribution in [0.5, 0.6) is 0 Å². The predicted octanol–water partition coefficient (Wildman–Crippen LogP) is 1.07. The summed E-state index contributed by atoms with van der Waals surface area (Å²) in [6, 6.07) is 0. The van der Waals surface area contributed by atoms with Crippen LogP contribution in [0.2, 0.25) is 0 Å². The number of aliphatic hydroxyl groups is 1. The maximum atomic E-state index is 9.42. The quantitative estimate of drug-likeness (QED) is 0.598. The van der Waals surface area contributed by atoms with Crippen LogP contribution in [0.1, 0.15) is 20.8 Å². The second-order valence-electron chi connectivity index (χ2n) is 3.57. The van der Waals surface area contributed by atoms with E-state index in [0.717, 1.165) is 0 Å². The summed E-state index contributed by atoms with van der Waals surface area (Å²) in [6.07, 6.45) is 0. The fraction of sp³-hybridized carbons (Fsp3) is 1.00. The van der Waals surface area contributed by atoms with Crippen LogP contribution >= 0.6 is 0 Å². The number of rotatable bonds is 10. The van der Waals surface area contributed by atoms with Gasteiger partial charge in [0, 0.05) is 19.8 Å². The van der Waals surface area contributed by atoms with Crippen LogP contribution in [0.3, 0.4) is 0 Å². The molecule has 4 nitrogen and oxygen atoms in total. The van der Waals surface area contributed by atoms with Crippen molar-refractivity contribution >= 4 is 0 Å². The van der Waals surface area contributed by atoms with Gasteiger partial charge in [0.25, 0.3) is 0 Å². The van der Waals surface area contributed by atoms with Crippen molar-refractivity contribution in [3.8, 4) is 0 Å². The zero-order chi connectivity index (χ0) is 11.6. The molecular formula is C11H24O4. The summed E-state index contributed by atoms with van der Waals surface area (Å²) in [5.74, 6) is 0. The molecule has 0 saturated carbocycles. The van der Waals surface area contributed by atoms with Crippen molar-refractivity contribution in [3.05, 3.63) is 0 Å². The van der Waals surface area contributed by atoms with Gasteiger partial charge in [0.1, 0.15) is 0 Å². The van der Waals surface area contributed by atoms with Crippen molar-refractivity contribution in [1.29, 1.82) is 0 Å². The fourth-order valence-corrected chi connectivity index (χ4v) is 1.22. The smallest absolute Gasteiger partial charge is 0.0635 e. The number of hydrogen-bond donors (Lipinski definition) is 1. The highest BCUT2D eigenvalue weighted by atomic mass is 16.5. The Kier molecular flexibility index (Phi) is 9.00. The lowest BCUT2D eigenvalue weighted by Gasteiger charge is -2.30. The third-order valence-corrected chi connectivity index (χ3v) is 2.17. The van der Waals surface area contributed by atoms with E-state index in [1.807, 2.05) is 20.8 Å². The van der Waals surface area contributed by atoms with Crippen LogP contribution in [0.4, 0.5) is 0 Å². The lowest BCUT2D eigenvalue weighted by atomic mass is 9.92. The molecule has 0 bridgehead atoms. The van der Waals surface area contributed by atoms with E-state index in [9.17, 15) is 5.11 Å². The first-order valence-corrected chi connectivity index (χ1v) is 5.58. The van der Waals surface area contributed by atoms with Crippen molar-refractivity contribution in [1.82, 2.24) is 0 Å². The number of ether oxygens (including phenoxy) is 3. The molecular weight excluding hydrogens is 196 g/mol. The van der Waals surface area contributed by atoms with Gasteiger partial charge in [-0.1, -0.05) is 0 Å². The molecule has 0 aromatic carbocycles. The van der Waals surface area contributed by atoms with E-state index in [2.05, 4.69) is 0 Å². The molecule has 0 radical (unpaired) electrons. The standard InChI is InChI=1S/C11H24O4/c1-4-13-8-11(7-12,9-14-5-2)10-15-6-3/h12H,4-10H2,1-3H3. The highest BCUT2D eigenvalue weighted by Gasteiger charge is 2.30. The van der Waals surface area contributed by atoms with Crippen LogP contribution in [0, 0.1) is 5.41 Å². The van der Waals surface area contributed by atoms with Crippen LogP contribution in [0.15, 0.2) is 0 Å². The van der Waals surface area contributed by atoms with Gasteiger partial charge in [0.15, 0.2) is 0 Å². The van der Waals surface area contributed by atoms with Crippen molar-refractivity contribution in [2.24, 2.45) is 5.41 Å². The van der Waals surface area contributed by atoms with E-state index >= 15 is 0 Å². The van der Waals surface area contributed by atoms with Gasteiger partial charge in [0.05, 0.1) is 31.8 Å². The molecule has 0 unspecified atom stereocenters. The predicted molar refractivity (Wildman–Crippen MR) is 59.0 cm³/mol. The highest BCUT2D eigenvalue weighted by molar-refractivity contribution is 4.78. The zero-order valence-electron chi connectivity index (χ0n) is 10.1. The molecule has 0 saturated heterocycles. The molecule has 15 heavy (non-hydrogen) atoms. The molecule has 1 N–H and O–H groups in total. The summed E-state index contributed by atoms with van der Waals surface area (Å²) in [4.78, 5) is 0. The normalized spacial score (nSPS) is 12.0. The third kappa shape index (κ3) is 6.10. The van der Waals surface area contributed by atoms with E-state index in [0.29, 0.717) is 39.6 Å². The Balaban J connectivity index is 4.16.